The van der Waals surface area contributed by atoms with Gasteiger partial charge in [0.1, 0.15) is 5.75 Å². The van der Waals surface area contributed by atoms with Crippen molar-refractivity contribution < 1.29 is 9.47 Å². The summed E-state index contributed by atoms with van der Waals surface area (Å²) in [6.07, 6.45) is 0.911. The highest BCUT2D eigenvalue weighted by Gasteiger charge is 2.02. The highest BCUT2D eigenvalue weighted by molar-refractivity contribution is 9.10. The molecular weight excluding hydrogens is 306 g/mol. The van der Waals surface area contributed by atoms with E-state index in [1.807, 2.05) is 19.1 Å². The van der Waals surface area contributed by atoms with Crippen molar-refractivity contribution in [3.8, 4) is 5.75 Å². The van der Waals surface area contributed by atoms with Crippen LogP contribution in [0, 0.1) is 0 Å². The number of benzene rings is 1. The number of rotatable bonds is 9. The van der Waals surface area contributed by atoms with Gasteiger partial charge in [0.2, 0.25) is 0 Å². The van der Waals surface area contributed by atoms with Crippen molar-refractivity contribution in [2.45, 2.75) is 33.2 Å². The van der Waals surface area contributed by atoms with Crippen LogP contribution in [0.25, 0.3) is 0 Å². The topological polar surface area (TPSA) is 30.5 Å². The quantitative estimate of drug-likeness (QED) is 0.704. The Hall–Kier alpha value is -0.580. The standard InChI is InChI=1S/C15H24BrNO2/c1-4-19-14-6-5-13(15(16)11-14)7-9-18-10-8-17-12(2)3/h5-6,11-12,17H,4,7-10H2,1-3H3. The van der Waals surface area contributed by atoms with Crippen molar-refractivity contribution in [1.82, 2.24) is 5.32 Å². The van der Waals surface area contributed by atoms with Crippen LogP contribution in [0.4, 0.5) is 0 Å². The number of ether oxygens (including phenoxy) is 2. The zero-order valence-corrected chi connectivity index (χ0v) is 13.6. The lowest BCUT2D eigenvalue weighted by atomic mass is 10.1. The summed E-state index contributed by atoms with van der Waals surface area (Å²) in [5.74, 6) is 0.903. The van der Waals surface area contributed by atoms with E-state index in [1.54, 1.807) is 0 Å². The molecule has 0 aliphatic rings. The summed E-state index contributed by atoms with van der Waals surface area (Å²) in [5.41, 5.74) is 1.25. The SMILES string of the molecule is CCOc1ccc(CCOCCNC(C)C)c(Br)c1. The Labute approximate surface area is 124 Å². The Morgan fingerprint density at radius 3 is 2.68 bits per heavy atom. The second-order valence-electron chi connectivity index (χ2n) is 4.66. The first-order chi connectivity index (χ1) is 9.13. The highest BCUT2D eigenvalue weighted by Crippen LogP contribution is 2.23. The summed E-state index contributed by atoms with van der Waals surface area (Å²) in [4.78, 5) is 0. The molecule has 0 aliphatic carbocycles. The Kier molecular flexibility index (Phi) is 8.10. The average molecular weight is 330 g/mol. The normalized spacial score (nSPS) is 11.0. The molecule has 1 N–H and O–H groups in total. The molecule has 19 heavy (non-hydrogen) atoms. The van der Waals surface area contributed by atoms with Crippen LogP contribution in [0.2, 0.25) is 0 Å². The molecule has 0 atom stereocenters. The van der Waals surface area contributed by atoms with Gasteiger partial charge >= 0.3 is 0 Å². The van der Waals surface area contributed by atoms with Crippen molar-refractivity contribution in [2.24, 2.45) is 0 Å². The van der Waals surface area contributed by atoms with Gasteiger partial charge in [-0.2, -0.15) is 0 Å². The van der Waals surface area contributed by atoms with E-state index >= 15 is 0 Å². The van der Waals surface area contributed by atoms with Crippen LogP contribution in [0.15, 0.2) is 22.7 Å². The number of nitrogens with one attached hydrogen (secondary N) is 1. The molecule has 0 heterocycles. The maximum Gasteiger partial charge on any atom is 0.120 e. The minimum Gasteiger partial charge on any atom is -0.494 e. The zero-order chi connectivity index (χ0) is 14.1. The van der Waals surface area contributed by atoms with Gasteiger partial charge < -0.3 is 14.8 Å². The summed E-state index contributed by atoms with van der Waals surface area (Å²) in [7, 11) is 0. The Bertz CT molecular complexity index is 369. The fourth-order valence-corrected chi connectivity index (χ4v) is 2.25. The first-order valence-corrected chi connectivity index (χ1v) is 7.65. The van der Waals surface area contributed by atoms with E-state index in [2.05, 4.69) is 41.2 Å². The van der Waals surface area contributed by atoms with Crippen LogP contribution in [0.1, 0.15) is 26.3 Å². The van der Waals surface area contributed by atoms with Crippen LogP contribution in [-0.2, 0) is 11.2 Å². The van der Waals surface area contributed by atoms with E-state index in [4.69, 9.17) is 9.47 Å². The summed E-state index contributed by atoms with van der Waals surface area (Å²) in [6.45, 7) is 9.36. The lowest BCUT2D eigenvalue weighted by molar-refractivity contribution is 0.137. The van der Waals surface area contributed by atoms with E-state index < -0.39 is 0 Å². The summed E-state index contributed by atoms with van der Waals surface area (Å²) in [6, 6.07) is 6.62. The predicted octanol–water partition coefficient (Wildman–Crippen LogP) is 3.40. The Balaban J connectivity index is 2.25. The van der Waals surface area contributed by atoms with Gasteiger partial charge in [-0.3, -0.25) is 0 Å². The highest BCUT2D eigenvalue weighted by atomic mass is 79.9. The van der Waals surface area contributed by atoms with Crippen molar-refractivity contribution in [3.05, 3.63) is 28.2 Å². The van der Waals surface area contributed by atoms with Gasteiger partial charge in [-0.15, -0.1) is 0 Å². The van der Waals surface area contributed by atoms with E-state index in [-0.39, 0.29) is 0 Å². The van der Waals surface area contributed by atoms with Crippen LogP contribution in [0.5, 0.6) is 5.75 Å². The van der Waals surface area contributed by atoms with E-state index in [0.717, 1.165) is 36.4 Å². The van der Waals surface area contributed by atoms with Gasteiger partial charge in [-0.05, 0) is 31.0 Å². The lowest BCUT2D eigenvalue weighted by Crippen LogP contribution is -2.26. The summed E-state index contributed by atoms with van der Waals surface area (Å²) in [5, 5.41) is 3.33. The molecule has 0 unspecified atom stereocenters. The molecule has 0 spiro atoms. The number of hydrogen-bond donors (Lipinski definition) is 1. The van der Waals surface area contributed by atoms with Crippen LogP contribution in [0.3, 0.4) is 0 Å². The third-order valence-electron chi connectivity index (χ3n) is 2.65. The number of hydrogen-bond acceptors (Lipinski definition) is 3. The number of halogens is 1. The minimum atomic E-state index is 0.517. The summed E-state index contributed by atoms with van der Waals surface area (Å²) >= 11 is 3.57. The molecule has 4 heteroatoms. The molecular formula is C15H24BrNO2. The first-order valence-electron chi connectivity index (χ1n) is 6.85. The minimum absolute atomic E-state index is 0.517. The molecule has 0 saturated heterocycles. The van der Waals surface area contributed by atoms with Gasteiger partial charge in [-0.25, -0.2) is 0 Å². The maximum absolute atomic E-state index is 5.61. The van der Waals surface area contributed by atoms with E-state index in [9.17, 15) is 0 Å². The fraction of sp³-hybridized carbons (Fsp3) is 0.600. The fourth-order valence-electron chi connectivity index (χ4n) is 1.69. The molecule has 0 amide bonds. The van der Waals surface area contributed by atoms with E-state index in [0.29, 0.717) is 12.6 Å². The van der Waals surface area contributed by atoms with Crippen LogP contribution >= 0.6 is 15.9 Å². The molecule has 3 nitrogen and oxygen atoms in total. The van der Waals surface area contributed by atoms with Gasteiger partial charge in [0.15, 0.2) is 0 Å². The molecule has 0 saturated carbocycles. The second-order valence-corrected chi connectivity index (χ2v) is 5.51. The van der Waals surface area contributed by atoms with Crippen LogP contribution in [-0.4, -0.2) is 32.4 Å². The predicted molar refractivity (Wildman–Crippen MR) is 83.0 cm³/mol. The first kappa shape index (κ1) is 16.5. The van der Waals surface area contributed by atoms with Gasteiger partial charge in [0, 0.05) is 17.1 Å². The average Bonchev–Trinajstić information content (AvgIpc) is 2.36. The molecule has 0 aromatic heterocycles. The smallest absolute Gasteiger partial charge is 0.120 e. The van der Waals surface area contributed by atoms with Gasteiger partial charge in [0.25, 0.3) is 0 Å². The summed E-state index contributed by atoms with van der Waals surface area (Å²) < 4.78 is 12.1. The largest absolute Gasteiger partial charge is 0.494 e. The van der Waals surface area contributed by atoms with E-state index in [1.165, 1.54) is 5.56 Å². The molecule has 1 aromatic carbocycles. The third kappa shape index (κ3) is 6.95. The second kappa shape index (κ2) is 9.34. The molecule has 0 bridgehead atoms. The zero-order valence-electron chi connectivity index (χ0n) is 12.0. The monoisotopic (exact) mass is 329 g/mol. The molecule has 0 fully saturated rings. The molecule has 1 rings (SSSR count). The van der Waals surface area contributed by atoms with Crippen molar-refractivity contribution in [1.29, 1.82) is 0 Å². The van der Waals surface area contributed by atoms with Crippen molar-refractivity contribution >= 4 is 15.9 Å². The molecule has 0 aliphatic heterocycles. The van der Waals surface area contributed by atoms with Gasteiger partial charge in [-0.1, -0.05) is 35.8 Å². The van der Waals surface area contributed by atoms with Crippen molar-refractivity contribution in [3.63, 3.8) is 0 Å². The molecule has 108 valence electrons. The Morgan fingerprint density at radius 2 is 2.05 bits per heavy atom. The molecule has 1 aromatic rings. The third-order valence-corrected chi connectivity index (χ3v) is 3.39. The lowest BCUT2D eigenvalue weighted by Gasteiger charge is -2.10. The van der Waals surface area contributed by atoms with Crippen LogP contribution < -0.4 is 10.1 Å². The van der Waals surface area contributed by atoms with Crippen molar-refractivity contribution in [2.75, 3.05) is 26.4 Å². The maximum atomic E-state index is 5.61. The van der Waals surface area contributed by atoms with Gasteiger partial charge in [0.05, 0.1) is 19.8 Å². The Morgan fingerprint density at radius 1 is 1.26 bits per heavy atom. The molecule has 0 radical (unpaired) electrons.